The maximum Gasteiger partial charge on any atom is 0.253 e. The minimum atomic E-state index is 0.0945. The number of nitrogens with one attached hydrogen (secondary N) is 1. The SMILES string of the molecule is COc1ccc(C(=O)N2CCN(Cc3cc4n(n3)CCCNC4)CC2)cc1. The third-order valence-corrected chi connectivity index (χ3v) is 5.33. The first-order valence-corrected chi connectivity index (χ1v) is 9.65. The van der Waals surface area contributed by atoms with Crippen LogP contribution in [0.25, 0.3) is 0 Å². The molecule has 2 aromatic rings. The van der Waals surface area contributed by atoms with Crippen LogP contribution in [0.15, 0.2) is 30.3 Å². The zero-order chi connectivity index (χ0) is 18.6. The number of carbonyl (C=O) groups is 1. The lowest BCUT2D eigenvalue weighted by Crippen LogP contribution is -2.48. The topological polar surface area (TPSA) is 62.6 Å². The van der Waals surface area contributed by atoms with E-state index in [4.69, 9.17) is 9.84 Å². The van der Waals surface area contributed by atoms with Crippen molar-refractivity contribution in [2.45, 2.75) is 26.1 Å². The number of ether oxygens (including phenoxy) is 1. The van der Waals surface area contributed by atoms with E-state index in [2.05, 4.69) is 21.0 Å². The van der Waals surface area contributed by atoms with Crippen molar-refractivity contribution >= 4 is 5.91 Å². The van der Waals surface area contributed by atoms with E-state index in [-0.39, 0.29) is 5.91 Å². The predicted molar refractivity (Wildman–Crippen MR) is 103 cm³/mol. The molecule has 27 heavy (non-hydrogen) atoms. The zero-order valence-corrected chi connectivity index (χ0v) is 15.9. The molecule has 0 saturated carbocycles. The summed E-state index contributed by atoms with van der Waals surface area (Å²) in [5.74, 6) is 0.863. The third kappa shape index (κ3) is 4.14. The maximum absolute atomic E-state index is 12.7. The highest BCUT2D eigenvalue weighted by atomic mass is 16.5. The van der Waals surface area contributed by atoms with Crippen molar-refractivity contribution in [3.8, 4) is 5.75 Å². The number of aromatic nitrogens is 2. The van der Waals surface area contributed by atoms with Crippen molar-refractivity contribution in [1.82, 2.24) is 24.9 Å². The summed E-state index contributed by atoms with van der Waals surface area (Å²) < 4.78 is 7.30. The lowest BCUT2D eigenvalue weighted by molar-refractivity contribution is 0.0627. The number of nitrogens with zero attached hydrogens (tertiary/aromatic N) is 4. The Balaban J connectivity index is 1.31. The van der Waals surface area contributed by atoms with Crippen molar-refractivity contribution in [2.75, 3.05) is 39.8 Å². The molecule has 2 aliphatic heterocycles. The summed E-state index contributed by atoms with van der Waals surface area (Å²) in [5, 5.41) is 8.20. The molecular formula is C20H27N5O2. The first kappa shape index (κ1) is 18.0. The molecule has 0 unspecified atom stereocenters. The van der Waals surface area contributed by atoms with Crippen LogP contribution in [-0.2, 0) is 19.6 Å². The van der Waals surface area contributed by atoms with Gasteiger partial charge in [0, 0.05) is 51.4 Å². The molecule has 3 heterocycles. The van der Waals surface area contributed by atoms with Crippen LogP contribution >= 0.6 is 0 Å². The van der Waals surface area contributed by atoms with Gasteiger partial charge in [0.05, 0.1) is 18.5 Å². The molecule has 4 rings (SSSR count). The van der Waals surface area contributed by atoms with E-state index in [0.717, 1.165) is 75.8 Å². The average Bonchev–Trinajstić information content (AvgIpc) is 2.96. The molecule has 1 aromatic heterocycles. The number of fused-ring (bicyclic) bond motifs is 1. The van der Waals surface area contributed by atoms with Gasteiger partial charge in [0.2, 0.25) is 0 Å². The second-order valence-electron chi connectivity index (χ2n) is 7.18. The summed E-state index contributed by atoms with van der Waals surface area (Å²) >= 11 is 0. The van der Waals surface area contributed by atoms with Crippen LogP contribution in [-0.4, -0.2) is 65.3 Å². The van der Waals surface area contributed by atoms with E-state index >= 15 is 0 Å². The summed E-state index contributed by atoms with van der Waals surface area (Å²) in [6.07, 6.45) is 1.13. The van der Waals surface area contributed by atoms with E-state index in [1.54, 1.807) is 7.11 Å². The molecule has 0 radical (unpaired) electrons. The van der Waals surface area contributed by atoms with E-state index < -0.39 is 0 Å². The Kier molecular flexibility index (Phi) is 5.40. The summed E-state index contributed by atoms with van der Waals surface area (Å²) in [6.45, 7) is 7.06. The molecule has 1 saturated heterocycles. The lowest BCUT2D eigenvalue weighted by Gasteiger charge is -2.34. The molecule has 1 aromatic carbocycles. The fraction of sp³-hybridized carbons (Fsp3) is 0.500. The normalized spacial score (nSPS) is 18.0. The summed E-state index contributed by atoms with van der Waals surface area (Å²) in [4.78, 5) is 17.0. The van der Waals surface area contributed by atoms with E-state index in [1.807, 2.05) is 29.2 Å². The van der Waals surface area contributed by atoms with Gasteiger partial charge >= 0.3 is 0 Å². The molecule has 0 aliphatic carbocycles. The van der Waals surface area contributed by atoms with Gasteiger partial charge in [0.25, 0.3) is 5.91 Å². The van der Waals surface area contributed by atoms with Crippen LogP contribution < -0.4 is 10.1 Å². The molecule has 2 aliphatic rings. The van der Waals surface area contributed by atoms with Crippen LogP contribution in [0.2, 0.25) is 0 Å². The molecule has 7 nitrogen and oxygen atoms in total. The van der Waals surface area contributed by atoms with Gasteiger partial charge in [0.15, 0.2) is 0 Å². The van der Waals surface area contributed by atoms with Crippen molar-refractivity contribution in [3.05, 3.63) is 47.3 Å². The van der Waals surface area contributed by atoms with Crippen LogP contribution in [0.4, 0.5) is 0 Å². The molecule has 144 valence electrons. The van der Waals surface area contributed by atoms with E-state index in [1.165, 1.54) is 5.69 Å². The molecule has 1 N–H and O–H groups in total. The van der Waals surface area contributed by atoms with Crippen LogP contribution in [0, 0.1) is 0 Å². The Morgan fingerprint density at radius 1 is 1.15 bits per heavy atom. The number of benzene rings is 1. The smallest absolute Gasteiger partial charge is 0.253 e. The lowest BCUT2D eigenvalue weighted by atomic mass is 10.1. The van der Waals surface area contributed by atoms with Crippen molar-refractivity contribution in [1.29, 1.82) is 0 Å². The van der Waals surface area contributed by atoms with E-state index in [0.29, 0.717) is 0 Å². The minimum Gasteiger partial charge on any atom is -0.497 e. The number of rotatable bonds is 4. The second kappa shape index (κ2) is 8.10. The molecule has 0 spiro atoms. The number of methoxy groups -OCH3 is 1. The zero-order valence-electron chi connectivity index (χ0n) is 15.9. The molecular weight excluding hydrogens is 342 g/mol. The van der Waals surface area contributed by atoms with Crippen molar-refractivity contribution in [2.24, 2.45) is 0 Å². The number of hydrogen-bond donors (Lipinski definition) is 1. The quantitative estimate of drug-likeness (QED) is 0.881. The van der Waals surface area contributed by atoms with Gasteiger partial charge in [-0.05, 0) is 43.3 Å². The summed E-state index contributed by atoms with van der Waals surface area (Å²) in [6, 6.07) is 9.55. The number of amides is 1. The predicted octanol–water partition coefficient (Wildman–Crippen LogP) is 1.34. The summed E-state index contributed by atoms with van der Waals surface area (Å²) in [5.41, 5.74) is 3.12. The Labute approximate surface area is 159 Å². The first-order valence-electron chi connectivity index (χ1n) is 9.65. The fourth-order valence-corrected chi connectivity index (χ4v) is 3.75. The highest BCUT2D eigenvalue weighted by Gasteiger charge is 2.23. The second-order valence-corrected chi connectivity index (χ2v) is 7.18. The highest BCUT2D eigenvalue weighted by Crippen LogP contribution is 2.16. The monoisotopic (exact) mass is 369 g/mol. The third-order valence-electron chi connectivity index (χ3n) is 5.33. The number of aryl methyl sites for hydroxylation is 1. The van der Waals surface area contributed by atoms with E-state index in [9.17, 15) is 4.79 Å². The van der Waals surface area contributed by atoms with Gasteiger partial charge in [-0.3, -0.25) is 14.4 Å². The van der Waals surface area contributed by atoms with Gasteiger partial charge < -0.3 is 15.0 Å². The standard InChI is InChI=1S/C20H27N5O2/c1-27-19-5-3-16(4-6-19)20(26)24-11-9-23(10-12-24)15-17-13-18-14-21-7-2-8-25(18)22-17/h3-6,13,21H,2,7-12,14-15H2,1H3. The Morgan fingerprint density at radius 3 is 2.67 bits per heavy atom. The van der Waals surface area contributed by atoms with Crippen LogP contribution in [0.5, 0.6) is 5.75 Å². The minimum absolute atomic E-state index is 0.0945. The van der Waals surface area contributed by atoms with Crippen molar-refractivity contribution in [3.63, 3.8) is 0 Å². The van der Waals surface area contributed by atoms with Gasteiger partial charge in [0.1, 0.15) is 5.75 Å². The molecule has 0 atom stereocenters. The molecule has 0 bridgehead atoms. The van der Waals surface area contributed by atoms with Crippen molar-refractivity contribution < 1.29 is 9.53 Å². The summed E-state index contributed by atoms with van der Waals surface area (Å²) in [7, 11) is 1.63. The fourth-order valence-electron chi connectivity index (χ4n) is 3.75. The van der Waals surface area contributed by atoms with Gasteiger partial charge in [-0.15, -0.1) is 0 Å². The van der Waals surface area contributed by atoms with Gasteiger partial charge in [-0.2, -0.15) is 5.10 Å². The molecule has 1 fully saturated rings. The van der Waals surface area contributed by atoms with Gasteiger partial charge in [-0.25, -0.2) is 0 Å². The average molecular weight is 369 g/mol. The van der Waals surface area contributed by atoms with Crippen LogP contribution in [0.3, 0.4) is 0 Å². The highest BCUT2D eigenvalue weighted by molar-refractivity contribution is 5.94. The Morgan fingerprint density at radius 2 is 1.93 bits per heavy atom. The number of carbonyl (C=O) groups excluding carboxylic acids is 1. The largest absolute Gasteiger partial charge is 0.497 e. The first-order chi connectivity index (χ1) is 13.2. The Bertz CT molecular complexity index is 755. The van der Waals surface area contributed by atoms with Gasteiger partial charge in [-0.1, -0.05) is 0 Å². The number of hydrogen-bond acceptors (Lipinski definition) is 5. The maximum atomic E-state index is 12.7. The van der Waals surface area contributed by atoms with Crippen LogP contribution in [0.1, 0.15) is 28.2 Å². The molecule has 1 amide bonds. The number of piperazine rings is 1. The Hall–Kier alpha value is -2.38. The molecule has 7 heteroatoms.